The summed E-state index contributed by atoms with van der Waals surface area (Å²) in [6.45, 7) is 9.92. The van der Waals surface area contributed by atoms with Crippen molar-refractivity contribution in [2.45, 2.75) is 56.9 Å². The van der Waals surface area contributed by atoms with Gasteiger partial charge in [-0.3, -0.25) is 4.57 Å². The van der Waals surface area contributed by atoms with E-state index in [1.807, 2.05) is 13.2 Å². The molecule has 5 atom stereocenters. The number of rotatable bonds is 9. The van der Waals surface area contributed by atoms with Gasteiger partial charge < -0.3 is 20.3 Å². The van der Waals surface area contributed by atoms with Crippen LogP contribution in [-0.2, 0) is 4.74 Å². The summed E-state index contributed by atoms with van der Waals surface area (Å²) >= 11 is 1.44. The van der Waals surface area contributed by atoms with Crippen molar-refractivity contribution in [1.82, 2.24) is 19.5 Å². The van der Waals surface area contributed by atoms with Gasteiger partial charge in [0.05, 0.1) is 12.4 Å². The van der Waals surface area contributed by atoms with Gasteiger partial charge in [-0.05, 0) is 45.0 Å². The average molecular weight is 482 g/mol. The van der Waals surface area contributed by atoms with Crippen molar-refractivity contribution < 1.29 is 14.9 Å². The van der Waals surface area contributed by atoms with E-state index in [0.717, 1.165) is 12.6 Å². The van der Waals surface area contributed by atoms with Crippen molar-refractivity contribution in [1.29, 1.82) is 0 Å². The molecule has 1 saturated heterocycles. The first-order valence-electron chi connectivity index (χ1n) is 10.9. The van der Waals surface area contributed by atoms with Crippen LogP contribution < -0.4 is 5.32 Å². The quantitative estimate of drug-likeness (QED) is 0.217. The summed E-state index contributed by atoms with van der Waals surface area (Å²) in [6, 6.07) is 0. The minimum atomic E-state index is -1.31. The minimum Gasteiger partial charge on any atom is -0.388 e. The second-order valence-electron chi connectivity index (χ2n) is 9.24. The smallest absolute Gasteiger partial charge is 0.191 e. The van der Waals surface area contributed by atoms with E-state index in [4.69, 9.17) is 4.74 Å². The number of hydrogen-bond acceptors (Lipinski definition) is 8. The third kappa shape index (κ3) is 5.57. The van der Waals surface area contributed by atoms with Gasteiger partial charge in [-0.15, -0.1) is 13.2 Å². The zero-order valence-corrected chi connectivity index (χ0v) is 21.5. The largest absolute Gasteiger partial charge is 0.388 e. The third-order valence-electron chi connectivity index (χ3n) is 5.75. The van der Waals surface area contributed by atoms with Crippen LogP contribution in [0.5, 0.6) is 0 Å². The number of fused-ring (bicyclic) bond motifs is 1. The first-order chi connectivity index (χ1) is 15.1. The Kier molecular flexibility index (Phi) is 8.10. The number of ether oxygens (including phenoxy) is 1. The molecule has 1 unspecified atom stereocenters. The van der Waals surface area contributed by atoms with E-state index in [2.05, 4.69) is 59.8 Å². The molecule has 8 nitrogen and oxygen atoms in total. The molecular weight excluding hydrogens is 445 g/mol. The molecule has 10 heteroatoms. The van der Waals surface area contributed by atoms with Crippen LogP contribution >= 0.6 is 18.6 Å². The number of anilines is 1. The minimum absolute atomic E-state index is 0.0717. The lowest BCUT2D eigenvalue weighted by atomic mass is 10.0. The Morgan fingerprint density at radius 2 is 2.09 bits per heavy atom. The van der Waals surface area contributed by atoms with Crippen LogP contribution in [0.4, 0.5) is 5.82 Å². The summed E-state index contributed by atoms with van der Waals surface area (Å²) in [4.78, 5) is 13.7. The lowest BCUT2D eigenvalue weighted by Crippen LogP contribution is -2.36. The van der Waals surface area contributed by atoms with Gasteiger partial charge >= 0.3 is 0 Å². The standard InChI is InChI=1S/C22H36N5O3PS/c1-8-13(2)9-10-23-19-15-20(26-22(25-19)32-7)27(12-24-15)21-17(29)16(28)18(30-21)14(3)11-31(4,5)6/h9,12,14,16-18,21,28-29H,4,8,10-11H2,1-3,5-7H3,(H,23,25,26)/b13-9-/t14?,16-,17+,18+,21+/m0/s1. The summed E-state index contributed by atoms with van der Waals surface area (Å²) in [6.07, 6.45) is 8.48. The first-order valence-corrected chi connectivity index (χ1v) is 15.2. The van der Waals surface area contributed by atoms with Crippen molar-refractivity contribution >= 4 is 41.9 Å². The Hall–Kier alpha value is -1.38. The van der Waals surface area contributed by atoms with Gasteiger partial charge in [0.25, 0.3) is 0 Å². The fourth-order valence-electron chi connectivity index (χ4n) is 4.03. The van der Waals surface area contributed by atoms with Gasteiger partial charge in [0.1, 0.15) is 12.2 Å². The van der Waals surface area contributed by atoms with Crippen LogP contribution in [0.3, 0.4) is 0 Å². The Bertz CT molecular complexity index is 1020. The molecule has 0 amide bonds. The Morgan fingerprint density at radius 3 is 2.72 bits per heavy atom. The molecule has 3 rings (SSSR count). The molecule has 32 heavy (non-hydrogen) atoms. The number of aromatic nitrogens is 4. The molecule has 3 N–H and O–H groups in total. The predicted octanol–water partition coefficient (Wildman–Crippen LogP) is 3.28. The molecule has 1 aliphatic heterocycles. The zero-order valence-electron chi connectivity index (χ0n) is 19.8. The second kappa shape index (κ2) is 10.3. The summed E-state index contributed by atoms with van der Waals surface area (Å²) in [5.74, 6) is 0.710. The lowest BCUT2D eigenvalue weighted by Gasteiger charge is -2.26. The highest BCUT2D eigenvalue weighted by Crippen LogP contribution is 2.42. The van der Waals surface area contributed by atoms with Crippen LogP contribution in [0.15, 0.2) is 23.1 Å². The molecule has 0 radical (unpaired) electrons. The molecule has 0 saturated carbocycles. The van der Waals surface area contributed by atoms with Crippen molar-refractivity contribution in [2.75, 3.05) is 37.6 Å². The normalized spacial score (nSPS) is 25.4. The van der Waals surface area contributed by atoms with Crippen LogP contribution in [0.25, 0.3) is 11.2 Å². The van der Waals surface area contributed by atoms with Crippen molar-refractivity contribution in [2.24, 2.45) is 5.92 Å². The Morgan fingerprint density at radius 1 is 1.38 bits per heavy atom. The molecule has 1 fully saturated rings. The summed E-state index contributed by atoms with van der Waals surface area (Å²) in [5.41, 5.74) is 2.47. The zero-order chi connectivity index (χ0) is 23.6. The molecule has 2 aromatic heterocycles. The maximum absolute atomic E-state index is 10.8. The number of nitrogens with one attached hydrogen (secondary N) is 1. The van der Waals surface area contributed by atoms with E-state index in [-0.39, 0.29) is 5.92 Å². The highest BCUT2D eigenvalue weighted by atomic mass is 32.2. The van der Waals surface area contributed by atoms with Gasteiger partial charge in [-0.2, -0.15) is 0 Å². The lowest BCUT2D eigenvalue weighted by molar-refractivity contribution is -0.0487. The van der Waals surface area contributed by atoms with Gasteiger partial charge in [-0.1, -0.05) is 37.3 Å². The van der Waals surface area contributed by atoms with Gasteiger partial charge in [0.2, 0.25) is 0 Å². The van der Waals surface area contributed by atoms with E-state index in [0.29, 0.717) is 28.7 Å². The number of aliphatic hydroxyl groups excluding tert-OH is 2. The van der Waals surface area contributed by atoms with Crippen LogP contribution in [0, 0.1) is 5.92 Å². The summed E-state index contributed by atoms with van der Waals surface area (Å²) in [5, 5.41) is 25.5. The first kappa shape index (κ1) is 25.2. The fraction of sp³-hybridized carbons (Fsp3) is 0.636. The molecular formula is C22H36N5O3PS. The van der Waals surface area contributed by atoms with E-state index in [9.17, 15) is 10.2 Å². The van der Waals surface area contributed by atoms with E-state index < -0.39 is 31.4 Å². The molecule has 0 bridgehead atoms. The number of thioether (sulfide) groups is 1. The summed E-state index contributed by atoms with van der Waals surface area (Å²) < 4.78 is 7.91. The highest BCUT2D eigenvalue weighted by Gasteiger charge is 2.46. The van der Waals surface area contributed by atoms with Crippen molar-refractivity contribution in [3.63, 3.8) is 0 Å². The fourth-order valence-corrected chi connectivity index (χ4v) is 6.16. The molecule has 0 aliphatic carbocycles. The molecule has 0 spiro atoms. The average Bonchev–Trinajstić information content (AvgIpc) is 3.27. The van der Waals surface area contributed by atoms with Gasteiger partial charge in [0.15, 0.2) is 28.4 Å². The van der Waals surface area contributed by atoms with Crippen LogP contribution in [0.2, 0.25) is 0 Å². The predicted molar refractivity (Wildman–Crippen MR) is 135 cm³/mol. The summed E-state index contributed by atoms with van der Waals surface area (Å²) in [7, 11) is 0. The monoisotopic (exact) mass is 481 g/mol. The maximum atomic E-state index is 10.8. The number of imidazole rings is 1. The molecule has 1 aliphatic rings. The van der Waals surface area contributed by atoms with Gasteiger partial charge in [-0.25, -0.2) is 15.0 Å². The highest BCUT2D eigenvalue weighted by molar-refractivity contribution is 7.98. The Labute approximate surface area is 194 Å². The van der Waals surface area contributed by atoms with Crippen molar-refractivity contribution in [3.8, 4) is 0 Å². The van der Waals surface area contributed by atoms with Crippen molar-refractivity contribution in [3.05, 3.63) is 18.0 Å². The second-order valence-corrected chi connectivity index (χ2v) is 14.2. The Balaban J connectivity index is 1.92. The third-order valence-corrected chi connectivity index (χ3v) is 7.87. The number of nitrogens with zero attached hydrogens (tertiary/aromatic N) is 4. The van der Waals surface area contributed by atoms with Crippen LogP contribution in [0.1, 0.15) is 33.4 Å². The SMILES string of the molecule is C=P(C)(C)CC(C)[C@H]1O[C@@H](n2cnc3c(NC/C=C(/C)CC)nc(SC)nc32)[C@H](O)[C@@H]1O. The number of hydrogen-bond donors (Lipinski definition) is 3. The topological polar surface area (TPSA) is 105 Å². The van der Waals surface area contributed by atoms with E-state index in [1.54, 1.807) is 10.9 Å². The molecule has 0 aromatic carbocycles. The van der Waals surface area contributed by atoms with E-state index >= 15 is 0 Å². The molecule has 178 valence electrons. The number of allylic oxidation sites excluding steroid dienone is 1. The number of aliphatic hydroxyl groups is 2. The molecule has 3 heterocycles. The molecule has 2 aromatic rings. The van der Waals surface area contributed by atoms with E-state index in [1.165, 1.54) is 17.3 Å². The maximum Gasteiger partial charge on any atom is 0.191 e. The van der Waals surface area contributed by atoms with Crippen LogP contribution in [-0.4, -0.2) is 86.6 Å². The van der Waals surface area contributed by atoms with Gasteiger partial charge in [0, 0.05) is 6.54 Å².